The van der Waals surface area contributed by atoms with Crippen LogP contribution in [-0.2, 0) is 13.5 Å². The van der Waals surface area contributed by atoms with Gasteiger partial charge in [0.15, 0.2) is 0 Å². The maximum atomic E-state index is 13.0. The maximum absolute atomic E-state index is 13.0. The van der Waals surface area contributed by atoms with Crippen LogP contribution in [-0.4, -0.2) is 29.0 Å². The summed E-state index contributed by atoms with van der Waals surface area (Å²) < 4.78 is 7.45. The van der Waals surface area contributed by atoms with Crippen molar-refractivity contribution in [1.82, 2.24) is 15.2 Å². The Labute approximate surface area is 187 Å². The number of fused-ring (bicyclic) bond motifs is 1. The minimum atomic E-state index is -0.157. The summed E-state index contributed by atoms with van der Waals surface area (Å²) in [4.78, 5) is 25.4. The molecule has 0 radical (unpaired) electrons. The SMILES string of the molecule is Cc1cc2ccc(C(=O)NC(CCNC(=O)c3cccn3C)Cc3ccccc3)cc2o1. The van der Waals surface area contributed by atoms with Gasteiger partial charge in [0, 0.05) is 36.8 Å². The zero-order valence-electron chi connectivity index (χ0n) is 18.3. The Morgan fingerprint density at radius 1 is 1.00 bits per heavy atom. The highest BCUT2D eigenvalue weighted by Gasteiger charge is 2.17. The molecular weight excluding hydrogens is 402 g/mol. The van der Waals surface area contributed by atoms with E-state index < -0.39 is 0 Å². The average Bonchev–Trinajstić information content (AvgIpc) is 3.37. The molecule has 2 amide bonds. The molecule has 0 aliphatic heterocycles. The molecule has 2 N–H and O–H groups in total. The topological polar surface area (TPSA) is 76.3 Å². The van der Waals surface area contributed by atoms with Crippen molar-refractivity contribution >= 4 is 22.8 Å². The van der Waals surface area contributed by atoms with Crippen molar-refractivity contribution in [3.05, 3.63) is 95.5 Å². The van der Waals surface area contributed by atoms with Gasteiger partial charge in [0.25, 0.3) is 11.8 Å². The number of nitrogens with zero attached hydrogens (tertiary/aromatic N) is 1. The fourth-order valence-corrected chi connectivity index (χ4v) is 3.85. The number of aryl methyl sites for hydroxylation is 2. The maximum Gasteiger partial charge on any atom is 0.267 e. The summed E-state index contributed by atoms with van der Waals surface area (Å²) in [6.07, 6.45) is 3.12. The van der Waals surface area contributed by atoms with E-state index in [-0.39, 0.29) is 17.9 Å². The third kappa shape index (κ3) is 5.09. The number of hydrogen-bond acceptors (Lipinski definition) is 3. The van der Waals surface area contributed by atoms with E-state index in [0.717, 1.165) is 16.7 Å². The molecular formula is C26H27N3O3. The van der Waals surface area contributed by atoms with Crippen LogP contribution in [0.25, 0.3) is 11.0 Å². The van der Waals surface area contributed by atoms with Crippen LogP contribution in [0, 0.1) is 6.92 Å². The highest BCUT2D eigenvalue weighted by Crippen LogP contribution is 2.20. The lowest BCUT2D eigenvalue weighted by atomic mass is 10.0. The Balaban J connectivity index is 1.43. The van der Waals surface area contributed by atoms with Crippen molar-refractivity contribution in [2.24, 2.45) is 7.05 Å². The molecule has 0 saturated carbocycles. The smallest absolute Gasteiger partial charge is 0.267 e. The van der Waals surface area contributed by atoms with Crippen LogP contribution in [0.5, 0.6) is 0 Å². The summed E-state index contributed by atoms with van der Waals surface area (Å²) in [5, 5.41) is 7.07. The molecule has 0 aliphatic rings. The van der Waals surface area contributed by atoms with Gasteiger partial charge in [-0.1, -0.05) is 36.4 Å². The van der Waals surface area contributed by atoms with Crippen molar-refractivity contribution in [3.8, 4) is 0 Å². The Morgan fingerprint density at radius 2 is 1.81 bits per heavy atom. The second-order valence-corrected chi connectivity index (χ2v) is 8.02. The van der Waals surface area contributed by atoms with Crippen LogP contribution < -0.4 is 10.6 Å². The first-order valence-corrected chi connectivity index (χ1v) is 10.7. The number of aromatic nitrogens is 1. The highest BCUT2D eigenvalue weighted by molar-refractivity contribution is 5.97. The quantitative estimate of drug-likeness (QED) is 0.440. The van der Waals surface area contributed by atoms with Crippen LogP contribution in [0.15, 0.2) is 77.3 Å². The van der Waals surface area contributed by atoms with Gasteiger partial charge in [-0.05, 0) is 55.7 Å². The Hall–Kier alpha value is -3.80. The summed E-state index contributed by atoms with van der Waals surface area (Å²) in [5.41, 5.74) is 2.99. The second kappa shape index (κ2) is 9.56. The van der Waals surface area contributed by atoms with E-state index in [9.17, 15) is 9.59 Å². The third-order valence-corrected chi connectivity index (χ3v) is 5.52. The fourth-order valence-electron chi connectivity index (χ4n) is 3.85. The van der Waals surface area contributed by atoms with Gasteiger partial charge < -0.3 is 19.6 Å². The standard InChI is InChI=1S/C26H27N3O3/c1-18-15-20-10-11-21(17-24(20)32-18)25(30)28-22(16-19-7-4-3-5-8-19)12-13-27-26(31)23-9-6-14-29(23)2/h3-11,14-15,17,22H,12-13,16H2,1-2H3,(H,27,31)(H,28,30). The molecule has 4 aromatic rings. The summed E-state index contributed by atoms with van der Waals surface area (Å²) in [7, 11) is 1.84. The van der Waals surface area contributed by atoms with E-state index in [1.165, 1.54) is 0 Å². The van der Waals surface area contributed by atoms with Gasteiger partial charge in [-0.15, -0.1) is 0 Å². The Bertz CT molecular complexity index is 1220. The van der Waals surface area contributed by atoms with Gasteiger partial charge in [0.1, 0.15) is 17.0 Å². The van der Waals surface area contributed by atoms with Crippen LogP contribution in [0.1, 0.15) is 38.6 Å². The van der Waals surface area contributed by atoms with Crippen LogP contribution in [0.2, 0.25) is 0 Å². The monoisotopic (exact) mass is 429 g/mol. The van der Waals surface area contributed by atoms with E-state index in [1.807, 2.05) is 74.8 Å². The predicted octanol–water partition coefficient (Wildman–Crippen LogP) is 4.24. The van der Waals surface area contributed by atoms with Crippen LogP contribution in [0.4, 0.5) is 0 Å². The van der Waals surface area contributed by atoms with Crippen LogP contribution >= 0.6 is 0 Å². The number of nitrogens with one attached hydrogen (secondary N) is 2. The molecule has 0 saturated heterocycles. The fraction of sp³-hybridized carbons (Fsp3) is 0.231. The predicted molar refractivity (Wildman–Crippen MR) is 125 cm³/mol. The molecule has 2 aromatic carbocycles. The van der Waals surface area contributed by atoms with E-state index in [1.54, 1.807) is 16.7 Å². The molecule has 2 aromatic heterocycles. The van der Waals surface area contributed by atoms with Gasteiger partial charge in [0.2, 0.25) is 0 Å². The molecule has 1 unspecified atom stereocenters. The van der Waals surface area contributed by atoms with Gasteiger partial charge in [-0.3, -0.25) is 9.59 Å². The van der Waals surface area contributed by atoms with Crippen molar-refractivity contribution in [1.29, 1.82) is 0 Å². The van der Waals surface area contributed by atoms with E-state index in [0.29, 0.717) is 36.2 Å². The number of furan rings is 1. The van der Waals surface area contributed by atoms with Gasteiger partial charge in [0.05, 0.1) is 0 Å². The second-order valence-electron chi connectivity index (χ2n) is 8.02. The first-order chi connectivity index (χ1) is 15.5. The third-order valence-electron chi connectivity index (χ3n) is 5.52. The zero-order valence-corrected chi connectivity index (χ0v) is 18.3. The van der Waals surface area contributed by atoms with Crippen molar-refractivity contribution < 1.29 is 14.0 Å². The van der Waals surface area contributed by atoms with E-state index in [2.05, 4.69) is 10.6 Å². The zero-order chi connectivity index (χ0) is 22.5. The number of carbonyl (C=O) groups excluding carboxylic acids is 2. The number of amides is 2. The highest BCUT2D eigenvalue weighted by atomic mass is 16.3. The molecule has 6 nitrogen and oxygen atoms in total. The first-order valence-electron chi connectivity index (χ1n) is 10.7. The number of benzene rings is 2. The molecule has 0 bridgehead atoms. The van der Waals surface area contributed by atoms with Crippen molar-refractivity contribution in [2.45, 2.75) is 25.8 Å². The van der Waals surface area contributed by atoms with Gasteiger partial charge in [-0.2, -0.15) is 0 Å². The molecule has 4 rings (SSSR count). The molecule has 1 atom stereocenters. The molecule has 32 heavy (non-hydrogen) atoms. The Morgan fingerprint density at radius 3 is 2.56 bits per heavy atom. The lowest BCUT2D eigenvalue weighted by Crippen LogP contribution is -2.39. The molecule has 2 heterocycles. The minimum absolute atomic E-state index is 0.124. The van der Waals surface area contributed by atoms with Gasteiger partial charge in [-0.25, -0.2) is 0 Å². The first kappa shape index (κ1) is 21.4. The average molecular weight is 430 g/mol. The minimum Gasteiger partial charge on any atom is -0.461 e. The molecule has 0 spiro atoms. The largest absolute Gasteiger partial charge is 0.461 e. The lowest BCUT2D eigenvalue weighted by molar-refractivity contribution is 0.0932. The number of carbonyl (C=O) groups is 2. The molecule has 0 fully saturated rings. The molecule has 6 heteroatoms. The van der Waals surface area contributed by atoms with E-state index in [4.69, 9.17) is 4.42 Å². The van der Waals surface area contributed by atoms with Gasteiger partial charge >= 0.3 is 0 Å². The van der Waals surface area contributed by atoms with E-state index >= 15 is 0 Å². The molecule has 164 valence electrons. The van der Waals surface area contributed by atoms with Crippen molar-refractivity contribution in [3.63, 3.8) is 0 Å². The summed E-state index contributed by atoms with van der Waals surface area (Å²) in [5.74, 6) is 0.532. The molecule has 0 aliphatic carbocycles. The normalized spacial score (nSPS) is 11.9. The summed E-state index contributed by atoms with van der Waals surface area (Å²) in [6.45, 7) is 2.34. The van der Waals surface area contributed by atoms with Crippen LogP contribution in [0.3, 0.4) is 0 Å². The summed E-state index contributed by atoms with van der Waals surface area (Å²) >= 11 is 0. The van der Waals surface area contributed by atoms with Crippen molar-refractivity contribution in [2.75, 3.05) is 6.54 Å². The Kier molecular flexibility index (Phi) is 6.40. The number of rotatable bonds is 8. The number of hydrogen-bond donors (Lipinski definition) is 2. The summed E-state index contributed by atoms with van der Waals surface area (Å²) in [6, 6.07) is 20.9. The lowest BCUT2D eigenvalue weighted by Gasteiger charge is -2.19.